The highest BCUT2D eigenvalue weighted by atomic mass is 19.4. The lowest BCUT2D eigenvalue weighted by atomic mass is 9.98. The van der Waals surface area contributed by atoms with Gasteiger partial charge in [-0.1, -0.05) is 18.2 Å². The fraction of sp³-hybridized carbons (Fsp3) is 0.381. The zero-order valence-corrected chi connectivity index (χ0v) is 16.6. The molecule has 4 rings (SSSR count). The second-order valence-electron chi connectivity index (χ2n) is 7.41. The highest BCUT2D eigenvalue weighted by Gasteiger charge is 2.38. The topological polar surface area (TPSA) is 63.2 Å². The third-order valence-electron chi connectivity index (χ3n) is 4.89. The third kappa shape index (κ3) is 4.02. The van der Waals surface area contributed by atoms with Crippen molar-refractivity contribution >= 4 is 22.8 Å². The van der Waals surface area contributed by atoms with E-state index in [0.717, 1.165) is 6.07 Å². The maximum atomic E-state index is 13.7. The smallest absolute Gasteiger partial charge is 0.377 e. The summed E-state index contributed by atoms with van der Waals surface area (Å²) in [4.78, 5) is 15.3. The minimum atomic E-state index is -4.46. The van der Waals surface area contributed by atoms with Crippen molar-refractivity contribution in [3.63, 3.8) is 0 Å². The van der Waals surface area contributed by atoms with Gasteiger partial charge in [-0.15, -0.1) is 0 Å². The number of halogens is 3. The number of morpholine rings is 1. The fourth-order valence-corrected chi connectivity index (χ4v) is 3.65. The van der Waals surface area contributed by atoms with Gasteiger partial charge in [0.05, 0.1) is 30.2 Å². The molecular formula is C21H22F3N5O. The second-order valence-corrected chi connectivity index (χ2v) is 7.41. The molecule has 1 fully saturated rings. The maximum Gasteiger partial charge on any atom is 0.416 e. The van der Waals surface area contributed by atoms with Crippen molar-refractivity contribution < 1.29 is 17.9 Å². The number of alkyl halides is 3. The molecular weight excluding hydrogens is 395 g/mol. The summed E-state index contributed by atoms with van der Waals surface area (Å²) in [6.45, 7) is 4.85. The number of nitrogens with one attached hydrogen (secondary N) is 1. The molecule has 0 amide bonds. The Morgan fingerprint density at radius 3 is 2.70 bits per heavy atom. The van der Waals surface area contributed by atoms with Crippen molar-refractivity contribution in [2.75, 3.05) is 30.0 Å². The van der Waals surface area contributed by atoms with E-state index in [9.17, 15) is 13.2 Å². The van der Waals surface area contributed by atoms with Crippen LogP contribution in [-0.4, -0.2) is 40.8 Å². The summed E-state index contributed by atoms with van der Waals surface area (Å²) in [6, 6.07) is 8.67. The number of anilines is 2. The molecule has 1 N–H and O–H groups in total. The standard InChI is InChI=1S/C21H22F3N5O/c1-13(2)26-20-27-18-15(7-5-9-25-18)19(28-20)29-10-11-30-12-17(29)14-6-3-4-8-16(14)21(22,23)24/h3-9,13,17H,10-12H2,1-2H3,(H,25,26,27,28). The SMILES string of the molecule is CC(C)Nc1nc(N2CCOCC2c2ccccc2C(F)(F)F)c2cccnc2n1. The van der Waals surface area contributed by atoms with E-state index in [1.165, 1.54) is 12.1 Å². The van der Waals surface area contributed by atoms with Gasteiger partial charge >= 0.3 is 6.18 Å². The fourth-order valence-electron chi connectivity index (χ4n) is 3.65. The average molecular weight is 417 g/mol. The summed E-state index contributed by atoms with van der Waals surface area (Å²) >= 11 is 0. The van der Waals surface area contributed by atoms with Crippen LogP contribution in [0, 0.1) is 0 Å². The number of benzene rings is 1. The number of rotatable bonds is 4. The Hall–Kier alpha value is -2.94. The molecule has 0 aliphatic carbocycles. The Balaban J connectivity index is 1.86. The van der Waals surface area contributed by atoms with Crippen LogP contribution in [0.2, 0.25) is 0 Å². The lowest BCUT2D eigenvalue weighted by Gasteiger charge is -2.38. The highest BCUT2D eigenvalue weighted by molar-refractivity contribution is 5.88. The summed E-state index contributed by atoms with van der Waals surface area (Å²) in [6.07, 6.45) is -2.83. The predicted molar refractivity (Wildman–Crippen MR) is 108 cm³/mol. The second kappa shape index (κ2) is 8.06. The quantitative estimate of drug-likeness (QED) is 0.677. The van der Waals surface area contributed by atoms with Crippen molar-refractivity contribution in [1.82, 2.24) is 15.0 Å². The lowest BCUT2D eigenvalue weighted by molar-refractivity contribution is -0.138. The van der Waals surface area contributed by atoms with E-state index in [0.29, 0.717) is 36.0 Å². The predicted octanol–water partition coefficient (Wildman–Crippen LogP) is 4.44. The van der Waals surface area contributed by atoms with Crippen LogP contribution in [0.25, 0.3) is 11.0 Å². The number of pyridine rings is 1. The van der Waals surface area contributed by atoms with Gasteiger partial charge in [-0.3, -0.25) is 0 Å². The summed E-state index contributed by atoms with van der Waals surface area (Å²) in [7, 11) is 0. The number of fused-ring (bicyclic) bond motifs is 1. The van der Waals surface area contributed by atoms with Crippen LogP contribution in [0.3, 0.4) is 0 Å². The first-order valence-electron chi connectivity index (χ1n) is 9.74. The number of hydrogen-bond donors (Lipinski definition) is 1. The summed E-state index contributed by atoms with van der Waals surface area (Å²) in [5.41, 5.74) is -0.0127. The van der Waals surface area contributed by atoms with Gasteiger partial charge in [-0.05, 0) is 37.6 Å². The number of ether oxygens (including phenoxy) is 1. The van der Waals surface area contributed by atoms with Crippen LogP contribution < -0.4 is 10.2 Å². The number of nitrogens with zero attached hydrogens (tertiary/aromatic N) is 4. The largest absolute Gasteiger partial charge is 0.416 e. The molecule has 6 nitrogen and oxygen atoms in total. The van der Waals surface area contributed by atoms with Gasteiger partial charge in [0.25, 0.3) is 0 Å². The van der Waals surface area contributed by atoms with E-state index in [-0.39, 0.29) is 18.2 Å². The van der Waals surface area contributed by atoms with E-state index in [2.05, 4.69) is 20.3 Å². The molecule has 158 valence electrons. The van der Waals surface area contributed by atoms with Crippen molar-refractivity contribution in [3.05, 3.63) is 53.7 Å². The van der Waals surface area contributed by atoms with Crippen molar-refractivity contribution in [3.8, 4) is 0 Å². The molecule has 30 heavy (non-hydrogen) atoms. The van der Waals surface area contributed by atoms with E-state index < -0.39 is 17.8 Å². The van der Waals surface area contributed by atoms with Crippen molar-refractivity contribution in [2.24, 2.45) is 0 Å². The van der Waals surface area contributed by atoms with E-state index >= 15 is 0 Å². The highest BCUT2D eigenvalue weighted by Crippen LogP contribution is 2.39. The first-order chi connectivity index (χ1) is 14.3. The first kappa shape index (κ1) is 20.3. The Morgan fingerprint density at radius 1 is 1.13 bits per heavy atom. The van der Waals surface area contributed by atoms with Crippen LogP contribution in [-0.2, 0) is 10.9 Å². The van der Waals surface area contributed by atoms with Crippen LogP contribution >= 0.6 is 0 Å². The van der Waals surface area contributed by atoms with Gasteiger partial charge in [-0.25, -0.2) is 4.98 Å². The Kier molecular flexibility index (Phi) is 5.46. The average Bonchev–Trinajstić information content (AvgIpc) is 2.72. The normalized spacial score (nSPS) is 17.5. The maximum absolute atomic E-state index is 13.7. The van der Waals surface area contributed by atoms with Gasteiger partial charge in [0.15, 0.2) is 5.65 Å². The van der Waals surface area contributed by atoms with Crippen LogP contribution in [0.15, 0.2) is 42.6 Å². The molecule has 0 spiro atoms. The molecule has 3 aromatic rings. The summed E-state index contributed by atoms with van der Waals surface area (Å²) < 4.78 is 46.6. The first-order valence-corrected chi connectivity index (χ1v) is 9.74. The summed E-state index contributed by atoms with van der Waals surface area (Å²) in [5, 5.41) is 3.85. The lowest BCUT2D eigenvalue weighted by Crippen LogP contribution is -2.41. The zero-order valence-electron chi connectivity index (χ0n) is 16.6. The van der Waals surface area contributed by atoms with Gasteiger partial charge in [-0.2, -0.15) is 23.1 Å². The molecule has 1 atom stereocenters. The van der Waals surface area contributed by atoms with E-state index in [4.69, 9.17) is 4.74 Å². The molecule has 1 unspecified atom stereocenters. The molecule has 1 aliphatic rings. The molecule has 0 radical (unpaired) electrons. The van der Waals surface area contributed by atoms with Crippen molar-refractivity contribution in [2.45, 2.75) is 32.1 Å². The minimum Gasteiger partial charge on any atom is -0.377 e. The number of hydrogen-bond acceptors (Lipinski definition) is 6. The van der Waals surface area contributed by atoms with E-state index in [1.54, 1.807) is 18.3 Å². The zero-order chi connectivity index (χ0) is 21.3. The summed E-state index contributed by atoms with van der Waals surface area (Å²) in [5.74, 6) is 0.932. The minimum absolute atomic E-state index is 0.0884. The Bertz CT molecular complexity index is 1040. The Labute approximate surface area is 172 Å². The third-order valence-corrected chi connectivity index (χ3v) is 4.89. The van der Waals surface area contributed by atoms with Gasteiger partial charge in [0, 0.05) is 18.8 Å². The van der Waals surface area contributed by atoms with Crippen molar-refractivity contribution in [1.29, 1.82) is 0 Å². The molecule has 9 heteroatoms. The molecule has 1 aromatic carbocycles. The molecule has 1 saturated heterocycles. The monoisotopic (exact) mass is 417 g/mol. The molecule has 1 aliphatic heterocycles. The Morgan fingerprint density at radius 2 is 1.93 bits per heavy atom. The molecule has 0 bridgehead atoms. The van der Waals surface area contributed by atoms with E-state index in [1.807, 2.05) is 24.8 Å². The van der Waals surface area contributed by atoms with Gasteiger partial charge in [0.1, 0.15) is 5.82 Å². The van der Waals surface area contributed by atoms with Crippen LogP contribution in [0.4, 0.5) is 24.9 Å². The van der Waals surface area contributed by atoms with Crippen LogP contribution in [0.1, 0.15) is 31.0 Å². The molecule has 2 aromatic heterocycles. The van der Waals surface area contributed by atoms with Crippen LogP contribution in [0.5, 0.6) is 0 Å². The molecule has 3 heterocycles. The molecule has 0 saturated carbocycles. The number of aromatic nitrogens is 3. The van der Waals surface area contributed by atoms with Gasteiger partial charge < -0.3 is 15.0 Å². The van der Waals surface area contributed by atoms with Gasteiger partial charge in [0.2, 0.25) is 5.95 Å².